The number of hydrazine groups is 1. The minimum Gasteiger partial charge on any atom is -0.496 e. The smallest absolute Gasteiger partial charge is 0.269 e. The lowest BCUT2D eigenvalue weighted by Gasteiger charge is -2.14. The lowest BCUT2D eigenvalue weighted by atomic mass is 10.1. The van der Waals surface area contributed by atoms with E-state index in [2.05, 4.69) is 10.9 Å². The molecule has 0 aliphatic carbocycles. The summed E-state index contributed by atoms with van der Waals surface area (Å²) in [6, 6.07) is 12.0. The summed E-state index contributed by atoms with van der Waals surface area (Å²) in [4.78, 5) is 24.4. The second-order valence-electron chi connectivity index (χ2n) is 6.02. The van der Waals surface area contributed by atoms with Gasteiger partial charge in [-0.15, -0.1) is 0 Å². The molecule has 2 N–H and O–H groups in total. The molecule has 0 spiro atoms. The van der Waals surface area contributed by atoms with Crippen LogP contribution in [0.15, 0.2) is 42.5 Å². The standard InChI is InChI=1S/C20H24N2O5/c1-13(2)27-17-10-9-15(11-18(17)26-4)20(24)22-21-19(23)12-14-7-5-6-8-16(14)25-3/h5-11,13H,12H2,1-4H3,(H,21,23)(H,22,24). The van der Waals surface area contributed by atoms with Gasteiger partial charge in [0.2, 0.25) is 5.91 Å². The highest BCUT2D eigenvalue weighted by Gasteiger charge is 2.14. The van der Waals surface area contributed by atoms with Gasteiger partial charge in [0.15, 0.2) is 11.5 Å². The summed E-state index contributed by atoms with van der Waals surface area (Å²) in [6.45, 7) is 3.80. The molecule has 0 bridgehead atoms. The Kier molecular flexibility index (Phi) is 7.05. The first-order valence-corrected chi connectivity index (χ1v) is 8.50. The quantitative estimate of drug-likeness (QED) is 0.730. The topological polar surface area (TPSA) is 85.9 Å². The Morgan fingerprint density at radius 2 is 1.63 bits per heavy atom. The Hall–Kier alpha value is -3.22. The van der Waals surface area contributed by atoms with Crippen LogP contribution in [-0.2, 0) is 11.2 Å². The minimum absolute atomic E-state index is 0.0205. The summed E-state index contributed by atoms with van der Waals surface area (Å²) in [5.74, 6) is 0.780. The zero-order chi connectivity index (χ0) is 19.8. The van der Waals surface area contributed by atoms with E-state index in [9.17, 15) is 9.59 Å². The molecular formula is C20H24N2O5. The van der Waals surface area contributed by atoms with Gasteiger partial charge in [0, 0.05) is 11.1 Å². The van der Waals surface area contributed by atoms with Crippen molar-refractivity contribution in [1.82, 2.24) is 10.9 Å². The largest absolute Gasteiger partial charge is 0.496 e. The van der Waals surface area contributed by atoms with Gasteiger partial charge in [-0.1, -0.05) is 18.2 Å². The van der Waals surface area contributed by atoms with Gasteiger partial charge in [0.05, 0.1) is 26.7 Å². The summed E-state index contributed by atoms with van der Waals surface area (Å²) in [5, 5.41) is 0. The van der Waals surface area contributed by atoms with Crippen molar-refractivity contribution in [3.8, 4) is 17.2 Å². The molecule has 7 nitrogen and oxygen atoms in total. The molecule has 0 unspecified atom stereocenters. The monoisotopic (exact) mass is 372 g/mol. The van der Waals surface area contributed by atoms with E-state index in [4.69, 9.17) is 14.2 Å². The van der Waals surface area contributed by atoms with Gasteiger partial charge in [-0.3, -0.25) is 20.4 Å². The molecule has 7 heteroatoms. The van der Waals surface area contributed by atoms with Crippen LogP contribution in [0.2, 0.25) is 0 Å². The Bertz CT molecular complexity index is 805. The molecule has 0 saturated heterocycles. The van der Waals surface area contributed by atoms with Gasteiger partial charge in [-0.05, 0) is 38.1 Å². The van der Waals surface area contributed by atoms with Crippen LogP contribution in [0, 0.1) is 0 Å². The number of carbonyl (C=O) groups is 2. The zero-order valence-electron chi connectivity index (χ0n) is 15.9. The fourth-order valence-electron chi connectivity index (χ4n) is 2.42. The third-order valence-electron chi connectivity index (χ3n) is 3.65. The number of nitrogens with one attached hydrogen (secondary N) is 2. The van der Waals surface area contributed by atoms with Crippen LogP contribution >= 0.6 is 0 Å². The van der Waals surface area contributed by atoms with E-state index in [1.807, 2.05) is 26.0 Å². The zero-order valence-corrected chi connectivity index (χ0v) is 15.9. The molecule has 2 amide bonds. The molecule has 0 radical (unpaired) electrons. The van der Waals surface area contributed by atoms with Crippen molar-refractivity contribution >= 4 is 11.8 Å². The SMILES string of the molecule is COc1ccccc1CC(=O)NNC(=O)c1ccc(OC(C)C)c(OC)c1. The number of hydrogen-bond acceptors (Lipinski definition) is 5. The lowest BCUT2D eigenvalue weighted by molar-refractivity contribution is -0.121. The highest BCUT2D eigenvalue weighted by molar-refractivity contribution is 5.96. The molecule has 0 fully saturated rings. The molecule has 0 aliphatic heterocycles. The number of hydrogen-bond donors (Lipinski definition) is 2. The fourth-order valence-corrected chi connectivity index (χ4v) is 2.42. The van der Waals surface area contributed by atoms with Gasteiger partial charge in [0.25, 0.3) is 5.91 Å². The summed E-state index contributed by atoms with van der Waals surface area (Å²) >= 11 is 0. The van der Waals surface area contributed by atoms with Crippen molar-refractivity contribution < 1.29 is 23.8 Å². The lowest BCUT2D eigenvalue weighted by Crippen LogP contribution is -2.42. The van der Waals surface area contributed by atoms with Crippen molar-refractivity contribution in [2.24, 2.45) is 0 Å². The van der Waals surface area contributed by atoms with E-state index < -0.39 is 5.91 Å². The van der Waals surface area contributed by atoms with Gasteiger partial charge >= 0.3 is 0 Å². The molecule has 0 aromatic heterocycles. The molecule has 2 rings (SSSR count). The van der Waals surface area contributed by atoms with Crippen LogP contribution in [0.1, 0.15) is 29.8 Å². The van der Waals surface area contributed by atoms with Crippen LogP contribution in [0.25, 0.3) is 0 Å². The molecule has 0 saturated carbocycles. The molecule has 0 aliphatic rings. The van der Waals surface area contributed by atoms with E-state index in [1.54, 1.807) is 37.4 Å². The Morgan fingerprint density at radius 1 is 0.926 bits per heavy atom. The number of amides is 2. The third-order valence-corrected chi connectivity index (χ3v) is 3.65. The highest BCUT2D eigenvalue weighted by atomic mass is 16.5. The van der Waals surface area contributed by atoms with Crippen molar-refractivity contribution in [3.05, 3.63) is 53.6 Å². The van der Waals surface area contributed by atoms with Crippen LogP contribution in [-0.4, -0.2) is 32.1 Å². The number of methoxy groups -OCH3 is 2. The molecule has 2 aromatic rings. The summed E-state index contributed by atoms with van der Waals surface area (Å²) < 4.78 is 16.1. The van der Waals surface area contributed by atoms with E-state index in [0.29, 0.717) is 22.8 Å². The van der Waals surface area contributed by atoms with Crippen LogP contribution < -0.4 is 25.1 Å². The minimum atomic E-state index is -0.460. The predicted octanol–water partition coefficient (Wildman–Crippen LogP) is 2.49. The number of ether oxygens (including phenoxy) is 3. The molecule has 2 aromatic carbocycles. The fraction of sp³-hybridized carbons (Fsp3) is 0.300. The Morgan fingerprint density at radius 3 is 2.30 bits per heavy atom. The Balaban J connectivity index is 1.97. The van der Waals surface area contributed by atoms with Gasteiger partial charge in [-0.2, -0.15) is 0 Å². The maximum Gasteiger partial charge on any atom is 0.269 e. The summed E-state index contributed by atoms with van der Waals surface area (Å²) in [7, 11) is 3.04. The number of carbonyl (C=O) groups excluding carboxylic acids is 2. The molecule has 144 valence electrons. The molecule has 27 heavy (non-hydrogen) atoms. The van der Waals surface area contributed by atoms with Crippen molar-refractivity contribution in [2.45, 2.75) is 26.4 Å². The average molecular weight is 372 g/mol. The highest BCUT2D eigenvalue weighted by Crippen LogP contribution is 2.28. The van der Waals surface area contributed by atoms with Gasteiger partial charge in [0.1, 0.15) is 5.75 Å². The molecular weight excluding hydrogens is 348 g/mol. The van der Waals surface area contributed by atoms with Crippen LogP contribution in [0.4, 0.5) is 0 Å². The Labute approximate surface area is 158 Å². The second-order valence-corrected chi connectivity index (χ2v) is 6.02. The van der Waals surface area contributed by atoms with Crippen molar-refractivity contribution in [2.75, 3.05) is 14.2 Å². The first-order chi connectivity index (χ1) is 12.9. The van der Waals surface area contributed by atoms with E-state index >= 15 is 0 Å². The predicted molar refractivity (Wildman–Crippen MR) is 101 cm³/mol. The third kappa shape index (κ3) is 5.64. The van der Waals surface area contributed by atoms with E-state index in [1.165, 1.54) is 7.11 Å². The number of para-hydroxylation sites is 1. The van der Waals surface area contributed by atoms with Gasteiger partial charge in [-0.25, -0.2) is 0 Å². The molecule has 0 heterocycles. The first kappa shape index (κ1) is 20.1. The van der Waals surface area contributed by atoms with Crippen molar-refractivity contribution in [1.29, 1.82) is 0 Å². The first-order valence-electron chi connectivity index (χ1n) is 8.50. The number of rotatable bonds is 7. The maximum atomic E-state index is 12.3. The maximum absolute atomic E-state index is 12.3. The van der Waals surface area contributed by atoms with E-state index in [0.717, 1.165) is 5.56 Å². The average Bonchev–Trinajstić information content (AvgIpc) is 2.66. The molecule has 0 atom stereocenters. The second kappa shape index (κ2) is 9.47. The van der Waals surface area contributed by atoms with Crippen LogP contribution in [0.3, 0.4) is 0 Å². The number of benzene rings is 2. The normalized spacial score (nSPS) is 10.3. The summed E-state index contributed by atoms with van der Waals surface area (Å²) in [5.41, 5.74) is 5.85. The van der Waals surface area contributed by atoms with Crippen LogP contribution in [0.5, 0.6) is 17.2 Å². The van der Waals surface area contributed by atoms with E-state index in [-0.39, 0.29) is 18.4 Å². The summed E-state index contributed by atoms with van der Waals surface area (Å²) in [6.07, 6.45) is 0.0576. The van der Waals surface area contributed by atoms with Crippen molar-refractivity contribution in [3.63, 3.8) is 0 Å². The van der Waals surface area contributed by atoms with Gasteiger partial charge < -0.3 is 14.2 Å².